The van der Waals surface area contributed by atoms with Crippen LogP contribution in [0, 0.1) is 11.3 Å². The number of nitrogens with one attached hydrogen (secondary N) is 1. The third-order valence-corrected chi connectivity index (χ3v) is 5.89. The number of rotatable bonds is 4. The van der Waals surface area contributed by atoms with E-state index in [9.17, 15) is 0 Å². The zero-order valence-corrected chi connectivity index (χ0v) is 12.1. The van der Waals surface area contributed by atoms with Crippen LogP contribution in [0.4, 0.5) is 0 Å². The minimum atomic E-state index is 0.475. The van der Waals surface area contributed by atoms with Crippen molar-refractivity contribution < 1.29 is 0 Å². The quantitative estimate of drug-likeness (QED) is 0.827. The van der Waals surface area contributed by atoms with Crippen LogP contribution in [0.1, 0.15) is 52.4 Å². The summed E-state index contributed by atoms with van der Waals surface area (Å²) in [5.41, 5.74) is 0.475. The highest BCUT2D eigenvalue weighted by atomic mass is 32.2. The topological polar surface area (TPSA) is 24.4 Å². The summed E-state index contributed by atoms with van der Waals surface area (Å²) in [6.07, 6.45) is 8.21. The third kappa shape index (κ3) is 3.40. The molecule has 0 saturated heterocycles. The van der Waals surface area contributed by atoms with Crippen molar-refractivity contribution in [3.8, 4) is 0 Å². The molecule has 0 atom stereocenters. The molecule has 1 saturated carbocycles. The molecule has 1 heterocycles. The highest BCUT2D eigenvalue weighted by Gasteiger charge is 2.30. The Balaban J connectivity index is 1.77. The van der Waals surface area contributed by atoms with E-state index in [1.807, 2.05) is 11.8 Å². The molecule has 0 amide bonds. The lowest BCUT2D eigenvalue weighted by Crippen LogP contribution is -2.36. The molecule has 2 aliphatic rings. The molecule has 0 bridgehead atoms. The van der Waals surface area contributed by atoms with Crippen molar-refractivity contribution >= 4 is 16.9 Å². The fourth-order valence-corrected chi connectivity index (χ4v) is 4.07. The largest absolute Gasteiger partial charge is 0.365 e. The van der Waals surface area contributed by atoms with E-state index in [0.717, 1.165) is 19.0 Å². The summed E-state index contributed by atoms with van der Waals surface area (Å²) < 4.78 is 0. The molecular formula is C14H26N2S. The maximum atomic E-state index is 4.75. The summed E-state index contributed by atoms with van der Waals surface area (Å²) in [7, 11) is 0. The van der Waals surface area contributed by atoms with Gasteiger partial charge in [-0.1, -0.05) is 38.5 Å². The normalized spacial score (nSPS) is 24.7. The average Bonchev–Trinajstić information content (AvgIpc) is 2.90. The van der Waals surface area contributed by atoms with Crippen LogP contribution < -0.4 is 5.32 Å². The van der Waals surface area contributed by atoms with Gasteiger partial charge < -0.3 is 5.32 Å². The predicted molar refractivity (Wildman–Crippen MR) is 77.7 cm³/mol. The number of aliphatic imine (C=N–C) groups is 1. The van der Waals surface area contributed by atoms with Crippen molar-refractivity contribution in [3.63, 3.8) is 0 Å². The van der Waals surface area contributed by atoms with Crippen molar-refractivity contribution in [2.75, 3.05) is 18.8 Å². The second-order valence-corrected chi connectivity index (χ2v) is 6.61. The van der Waals surface area contributed by atoms with Gasteiger partial charge >= 0.3 is 0 Å². The molecule has 0 unspecified atom stereocenters. The smallest absolute Gasteiger partial charge is 0.156 e. The molecule has 17 heavy (non-hydrogen) atoms. The Morgan fingerprint density at radius 2 is 2.00 bits per heavy atom. The molecule has 2 nitrogen and oxygen atoms in total. The minimum absolute atomic E-state index is 0.475. The molecule has 1 aliphatic heterocycles. The van der Waals surface area contributed by atoms with Gasteiger partial charge in [0.1, 0.15) is 0 Å². The van der Waals surface area contributed by atoms with Gasteiger partial charge in [-0.25, -0.2) is 0 Å². The Bertz CT molecular complexity index is 265. The van der Waals surface area contributed by atoms with Crippen molar-refractivity contribution in [1.82, 2.24) is 5.32 Å². The summed E-state index contributed by atoms with van der Waals surface area (Å²) in [6.45, 7) is 6.78. The Morgan fingerprint density at radius 1 is 1.29 bits per heavy atom. The van der Waals surface area contributed by atoms with Crippen molar-refractivity contribution in [2.24, 2.45) is 16.3 Å². The van der Waals surface area contributed by atoms with Crippen LogP contribution in [0.25, 0.3) is 0 Å². The Labute approximate surface area is 110 Å². The molecule has 2 rings (SSSR count). The van der Waals surface area contributed by atoms with E-state index in [2.05, 4.69) is 19.2 Å². The standard InChI is InChI=1S/C14H26N2S/c1-3-14(4-2)10-16-13(17-11-14)15-9-12-7-5-6-8-12/h12H,3-11H2,1-2H3,(H,15,16). The van der Waals surface area contributed by atoms with E-state index >= 15 is 0 Å². The molecule has 0 spiro atoms. The highest BCUT2D eigenvalue weighted by Crippen LogP contribution is 2.35. The molecular weight excluding hydrogens is 228 g/mol. The van der Waals surface area contributed by atoms with Gasteiger partial charge in [0.05, 0.1) is 0 Å². The number of thioether (sulfide) groups is 1. The zero-order valence-electron chi connectivity index (χ0n) is 11.3. The van der Waals surface area contributed by atoms with E-state index in [1.54, 1.807) is 0 Å². The van der Waals surface area contributed by atoms with Gasteiger partial charge in [0.2, 0.25) is 0 Å². The van der Waals surface area contributed by atoms with Gasteiger partial charge in [-0.15, -0.1) is 0 Å². The van der Waals surface area contributed by atoms with Crippen molar-refractivity contribution in [3.05, 3.63) is 0 Å². The lowest BCUT2D eigenvalue weighted by Gasteiger charge is -2.33. The first kappa shape index (κ1) is 13.3. The fraction of sp³-hybridized carbons (Fsp3) is 0.929. The summed E-state index contributed by atoms with van der Waals surface area (Å²) >= 11 is 1.94. The van der Waals surface area contributed by atoms with Crippen LogP contribution in [0.3, 0.4) is 0 Å². The van der Waals surface area contributed by atoms with Crippen LogP contribution in [-0.4, -0.2) is 24.0 Å². The third-order valence-electron chi connectivity index (χ3n) is 4.59. The van der Waals surface area contributed by atoms with Gasteiger partial charge in [-0.3, -0.25) is 4.99 Å². The average molecular weight is 254 g/mol. The SMILES string of the molecule is CCC1(CC)CN=C(NCC2CCCC2)SC1. The Hall–Kier alpha value is -0.180. The van der Waals surface area contributed by atoms with E-state index in [1.165, 1.54) is 49.4 Å². The molecule has 3 heteroatoms. The predicted octanol–water partition coefficient (Wildman–Crippen LogP) is 3.68. The Kier molecular flexibility index (Phi) is 4.78. The summed E-state index contributed by atoms with van der Waals surface area (Å²) in [5.74, 6) is 2.15. The molecule has 98 valence electrons. The number of nitrogens with zero attached hydrogens (tertiary/aromatic N) is 1. The molecule has 1 aliphatic carbocycles. The molecule has 0 aromatic carbocycles. The summed E-state index contributed by atoms with van der Waals surface area (Å²) in [4.78, 5) is 4.75. The van der Waals surface area contributed by atoms with Gasteiger partial charge in [0.25, 0.3) is 0 Å². The first-order chi connectivity index (χ1) is 8.28. The van der Waals surface area contributed by atoms with Gasteiger partial charge in [0.15, 0.2) is 5.17 Å². The van der Waals surface area contributed by atoms with E-state index < -0.39 is 0 Å². The van der Waals surface area contributed by atoms with Crippen LogP contribution in [0.15, 0.2) is 4.99 Å². The summed E-state index contributed by atoms with van der Waals surface area (Å²) in [5, 5.41) is 4.77. The van der Waals surface area contributed by atoms with Crippen molar-refractivity contribution in [2.45, 2.75) is 52.4 Å². The van der Waals surface area contributed by atoms with Crippen LogP contribution in [0.2, 0.25) is 0 Å². The monoisotopic (exact) mass is 254 g/mol. The second-order valence-electron chi connectivity index (χ2n) is 5.65. The minimum Gasteiger partial charge on any atom is -0.365 e. The van der Waals surface area contributed by atoms with Crippen LogP contribution in [-0.2, 0) is 0 Å². The molecule has 1 N–H and O–H groups in total. The van der Waals surface area contributed by atoms with E-state index in [0.29, 0.717) is 5.41 Å². The van der Waals surface area contributed by atoms with Crippen LogP contribution in [0.5, 0.6) is 0 Å². The van der Waals surface area contributed by atoms with Gasteiger partial charge in [-0.05, 0) is 37.0 Å². The Morgan fingerprint density at radius 3 is 2.53 bits per heavy atom. The molecule has 0 aromatic rings. The lowest BCUT2D eigenvalue weighted by molar-refractivity contribution is 0.318. The van der Waals surface area contributed by atoms with Crippen LogP contribution >= 0.6 is 11.8 Å². The lowest BCUT2D eigenvalue weighted by atomic mass is 9.84. The van der Waals surface area contributed by atoms with Gasteiger partial charge in [0, 0.05) is 18.8 Å². The van der Waals surface area contributed by atoms with E-state index in [4.69, 9.17) is 4.99 Å². The summed E-state index contributed by atoms with van der Waals surface area (Å²) in [6, 6.07) is 0. The molecule has 1 fully saturated rings. The fourth-order valence-electron chi connectivity index (χ4n) is 2.78. The van der Waals surface area contributed by atoms with Crippen molar-refractivity contribution in [1.29, 1.82) is 0 Å². The first-order valence-corrected chi connectivity index (χ1v) is 8.17. The number of hydrogen-bond donors (Lipinski definition) is 1. The second kappa shape index (κ2) is 6.12. The van der Waals surface area contributed by atoms with Gasteiger partial charge in [-0.2, -0.15) is 0 Å². The molecule has 0 aromatic heterocycles. The molecule has 0 radical (unpaired) electrons. The zero-order chi connectivity index (χ0) is 12.1. The highest BCUT2D eigenvalue weighted by molar-refractivity contribution is 8.13. The number of amidine groups is 1. The number of hydrogen-bond acceptors (Lipinski definition) is 3. The first-order valence-electron chi connectivity index (χ1n) is 7.19. The maximum absolute atomic E-state index is 4.75. The van der Waals surface area contributed by atoms with E-state index in [-0.39, 0.29) is 0 Å². The maximum Gasteiger partial charge on any atom is 0.156 e.